The lowest BCUT2D eigenvalue weighted by molar-refractivity contribution is -0.137. The lowest BCUT2D eigenvalue weighted by Crippen LogP contribution is -2.30. The predicted molar refractivity (Wildman–Crippen MR) is 103 cm³/mol. The molecule has 0 aliphatic heterocycles. The van der Waals surface area contributed by atoms with Crippen LogP contribution in [0.15, 0.2) is 77.8 Å². The van der Waals surface area contributed by atoms with Crippen molar-refractivity contribution < 1.29 is 22.4 Å². The van der Waals surface area contributed by atoms with Gasteiger partial charge in [-0.05, 0) is 35.9 Å². The summed E-state index contributed by atoms with van der Waals surface area (Å²) in [6.07, 6.45) is 1.35. The number of alkyl halides is 3. The van der Waals surface area contributed by atoms with Gasteiger partial charge in [0.25, 0.3) is 5.91 Å². The summed E-state index contributed by atoms with van der Waals surface area (Å²) in [7, 11) is 0. The van der Waals surface area contributed by atoms with E-state index in [2.05, 4.69) is 15.3 Å². The number of aromatic nitrogens is 4. The number of pyridine rings is 1. The maximum atomic E-state index is 13.3. The average Bonchev–Trinajstić information content (AvgIpc) is 3.45. The Bertz CT molecular complexity index is 1160. The highest BCUT2D eigenvalue weighted by Crippen LogP contribution is 2.33. The van der Waals surface area contributed by atoms with Crippen molar-refractivity contribution in [1.29, 1.82) is 0 Å². The van der Waals surface area contributed by atoms with Crippen LogP contribution in [0.2, 0.25) is 0 Å². The minimum Gasteiger partial charge on any atom is -0.467 e. The van der Waals surface area contributed by atoms with E-state index in [-0.39, 0.29) is 24.5 Å². The normalized spacial score (nSPS) is 11.5. The number of carbonyl (C=O) groups is 1. The van der Waals surface area contributed by atoms with Crippen molar-refractivity contribution in [2.45, 2.75) is 19.3 Å². The Balaban J connectivity index is 1.63. The Labute approximate surface area is 174 Å². The van der Waals surface area contributed by atoms with Crippen LogP contribution in [-0.4, -0.2) is 30.8 Å². The number of hydrogen-bond acceptors (Lipinski definition) is 5. The number of hydrogen-bond donors (Lipinski definition) is 0. The summed E-state index contributed by atoms with van der Waals surface area (Å²) in [4.78, 5) is 18.6. The van der Waals surface area contributed by atoms with Gasteiger partial charge in [-0.3, -0.25) is 9.78 Å². The third-order valence-corrected chi connectivity index (χ3v) is 4.48. The highest BCUT2D eigenvalue weighted by Gasteiger charge is 2.34. The number of rotatable bonds is 6. The standard InChI is InChI=1S/C21H16F3N5O2/c22-21(23,24)17-7-1-2-8-19(17)29-14-18(26-27-29)20(30)28(13-16-6-4-10-31-16)12-15-5-3-9-25-11-15/h1-11,14H,12-13H2. The fourth-order valence-corrected chi connectivity index (χ4v) is 3.06. The molecule has 0 atom stereocenters. The molecule has 0 N–H and O–H groups in total. The second-order valence-electron chi connectivity index (χ2n) is 6.67. The maximum absolute atomic E-state index is 13.3. The third kappa shape index (κ3) is 4.63. The Hall–Kier alpha value is -3.95. The van der Waals surface area contributed by atoms with Gasteiger partial charge in [-0.15, -0.1) is 5.10 Å². The van der Waals surface area contributed by atoms with Gasteiger partial charge in [-0.2, -0.15) is 13.2 Å². The first kappa shape index (κ1) is 20.3. The molecule has 0 spiro atoms. The van der Waals surface area contributed by atoms with Crippen LogP contribution in [0.3, 0.4) is 0 Å². The molecule has 1 aromatic carbocycles. The van der Waals surface area contributed by atoms with Crippen LogP contribution in [0.5, 0.6) is 0 Å². The van der Waals surface area contributed by atoms with Crippen molar-refractivity contribution in [3.63, 3.8) is 0 Å². The van der Waals surface area contributed by atoms with Gasteiger partial charge in [-0.1, -0.05) is 23.4 Å². The first-order chi connectivity index (χ1) is 14.9. The largest absolute Gasteiger partial charge is 0.467 e. The minimum atomic E-state index is -4.57. The van der Waals surface area contributed by atoms with Crippen molar-refractivity contribution >= 4 is 5.91 Å². The van der Waals surface area contributed by atoms with E-state index in [1.54, 1.807) is 30.6 Å². The van der Waals surface area contributed by atoms with Gasteiger partial charge < -0.3 is 9.32 Å². The molecule has 0 unspecified atom stereocenters. The number of carbonyl (C=O) groups excluding carboxylic acids is 1. The summed E-state index contributed by atoms with van der Waals surface area (Å²) in [5.74, 6) is 0.0445. The second-order valence-corrected chi connectivity index (χ2v) is 6.67. The molecule has 7 nitrogen and oxygen atoms in total. The molecule has 3 aromatic heterocycles. The molecule has 4 rings (SSSR count). The number of amides is 1. The number of halogens is 3. The van der Waals surface area contributed by atoms with Crippen molar-refractivity contribution in [1.82, 2.24) is 24.9 Å². The first-order valence-electron chi connectivity index (χ1n) is 9.21. The zero-order valence-corrected chi connectivity index (χ0v) is 16.0. The number of furan rings is 1. The Morgan fingerprint density at radius 2 is 1.90 bits per heavy atom. The third-order valence-electron chi connectivity index (χ3n) is 4.48. The van der Waals surface area contributed by atoms with Crippen LogP contribution in [-0.2, 0) is 19.3 Å². The summed E-state index contributed by atoms with van der Waals surface area (Å²) in [5, 5.41) is 7.57. The summed E-state index contributed by atoms with van der Waals surface area (Å²) < 4.78 is 46.3. The van der Waals surface area contributed by atoms with Crippen LogP contribution >= 0.6 is 0 Å². The van der Waals surface area contributed by atoms with Crippen LogP contribution in [0.1, 0.15) is 27.4 Å². The highest BCUT2D eigenvalue weighted by atomic mass is 19.4. The molecule has 1 amide bonds. The zero-order chi connectivity index (χ0) is 21.8. The molecule has 0 saturated heterocycles. The fraction of sp³-hybridized carbons (Fsp3) is 0.143. The predicted octanol–water partition coefficient (Wildman–Crippen LogP) is 4.12. The van der Waals surface area contributed by atoms with E-state index < -0.39 is 17.6 Å². The van der Waals surface area contributed by atoms with Crippen molar-refractivity contribution in [2.75, 3.05) is 0 Å². The summed E-state index contributed by atoms with van der Waals surface area (Å²) in [6.45, 7) is 0.353. The molecule has 0 bridgehead atoms. The van der Waals surface area contributed by atoms with Gasteiger partial charge in [0.05, 0.1) is 30.3 Å². The lowest BCUT2D eigenvalue weighted by atomic mass is 10.1. The van der Waals surface area contributed by atoms with E-state index in [4.69, 9.17) is 4.42 Å². The van der Waals surface area contributed by atoms with Crippen LogP contribution in [0.25, 0.3) is 5.69 Å². The SMILES string of the molecule is O=C(c1cn(-c2ccccc2C(F)(F)F)nn1)N(Cc1cccnc1)Cc1ccco1. The molecule has 0 aliphatic carbocycles. The van der Waals surface area contributed by atoms with E-state index in [0.29, 0.717) is 5.76 Å². The van der Waals surface area contributed by atoms with Crippen LogP contribution < -0.4 is 0 Å². The fourth-order valence-electron chi connectivity index (χ4n) is 3.06. The van der Waals surface area contributed by atoms with Crippen LogP contribution in [0, 0.1) is 0 Å². The first-order valence-corrected chi connectivity index (χ1v) is 9.21. The number of para-hydroxylation sites is 1. The number of benzene rings is 1. The lowest BCUT2D eigenvalue weighted by Gasteiger charge is -2.20. The average molecular weight is 427 g/mol. The molecule has 4 aromatic rings. The molecular formula is C21H16F3N5O2. The molecule has 0 radical (unpaired) electrons. The van der Waals surface area contributed by atoms with E-state index in [1.165, 1.54) is 35.6 Å². The van der Waals surface area contributed by atoms with Crippen molar-refractivity contribution in [3.8, 4) is 5.69 Å². The van der Waals surface area contributed by atoms with E-state index in [1.807, 2.05) is 6.07 Å². The van der Waals surface area contributed by atoms with Crippen molar-refractivity contribution in [3.05, 3.63) is 96.0 Å². The molecule has 3 heterocycles. The molecule has 158 valence electrons. The molecule has 0 aliphatic rings. The second kappa shape index (κ2) is 8.42. The van der Waals surface area contributed by atoms with Gasteiger partial charge >= 0.3 is 6.18 Å². The molecular weight excluding hydrogens is 411 g/mol. The topological polar surface area (TPSA) is 77.1 Å². The zero-order valence-electron chi connectivity index (χ0n) is 16.0. The van der Waals surface area contributed by atoms with Gasteiger partial charge in [0, 0.05) is 18.9 Å². The van der Waals surface area contributed by atoms with Gasteiger partial charge in [0.15, 0.2) is 5.69 Å². The van der Waals surface area contributed by atoms with E-state index in [0.717, 1.165) is 16.3 Å². The number of nitrogens with zero attached hydrogens (tertiary/aromatic N) is 5. The van der Waals surface area contributed by atoms with Gasteiger partial charge in [0.1, 0.15) is 5.76 Å². The quantitative estimate of drug-likeness (QED) is 0.463. The molecule has 0 saturated carbocycles. The Morgan fingerprint density at radius 1 is 1.06 bits per heavy atom. The maximum Gasteiger partial charge on any atom is 0.418 e. The summed E-state index contributed by atoms with van der Waals surface area (Å²) in [5.41, 5.74) is -0.405. The molecule has 10 heteroatoms. The Morgan fingerprint density at radius 3 is 2.61 bits per heavy atom. The van der Waals surface area contributed by atoms with Crippen molar-refractivity contribution in [2.24, 2.45) is 0 Å². The van der Waals surface area contributed by atoms with Gasteiger partial charge in [-0.25, -0.2) is 4.68 Å². The smallest absolute Gasteiger partial charge is 0.418 e. The minimum absolute atomic E-state index is 0.0903. The monoisotopic (exact) mass is 427 g/mol. The summed E-state index contributed by atoms with van der Waals surface area (Å²) >= 11 is 0. The molecule has 31 heavy (non-hydrogen) atoms. The van der Waals surface area contributed by atoms with E-state index >= 15 is 0 Å². The molecule has 0 fully saturated rings. The van der Waals surface area contributed by atoms with E-state index in [9.17, 15) is 18.0 Å². The van der Waals surface area contributed by atoms with Gasteiger partial charge in [0.2, 0.25) is 0 Å². The van der Waals surface area contributed by atoms with Crippen LogP contribution in [0.4, 0.5) is 13.2 Å². The summed E-state index contributed by atoms with van der Waals surface area (Å²) in [6, 6.07) is 11.9. The Kier molecular flexibility index (Phi) is 5.52. The highest BCUT2D eigenvalue weighted by molar-refractivity contribution is 5.92.